The molecule has 0 aliphatic heterocycles. The molecular weight excluding hydrogens is 396 g/mol. The van der Waals surface area contributed by atoms with E-state index in [9.17, 15) is 13.2 Å². The van der Waals surface area contributed by atoms with E-state index in [2.05, 4.69) is 5.32 Å². The van der Waals surface area contributed by atoms with E-state index in [-0.39, 0.29) is 23.1 Å². The molecule has 0 saturated carbocycles. The molecule has 5 nitrogen and oxygen atoms in total. The molecular formula is C24H26N2O3S. The van der Waals surface area contributed by atoms with Crippen molar-refractivity contribution >= 4 is 21.6 Å². The average molecular weight is 423 g/mol. The van der Waals surface area contributed by atoms with Gasteiger partial charge in [-0.15, -0.1) is 0 Å². The second-order valence-corrected chi connectivity index (χ2v) is 9.51. The van der Waals surface area contributed by atoms with Crippen LogP contribution in [0, 0.1) is 6.92 Å². The molecule has 0 aromatic heterocycles. The number of anilines is 1. The van der Waals surface area contributed by atoms with Crippen molar-refractivity contribution < 1.29 is 13.2 Å². The van der Waals surface area contributed by atoms with Crippen LogP contribution in [0.5, 0.6) is 0 Å². The van der Waals surface area contributed by atoms with Crippen LogP contribution >= 0.6 is 0 Å². The Morgan fingerprint density at radius 3 is 1.93 bits per heavy atom. The SMILES string of the molecule is Cc1ccc(NC(=O)CC(c2ccccc2)c2ccccc2)cc1S(=O)(=O)N(C)C. The van der Waals surface area contributed by atoms with Gasteiger partial charge in [-0.25, -0.2) is 12.7 Å². The summed E-state index contributed by atoms with van der Waals surface area (Å²) in [5.74, 6) is -0.271. The molecule has 0 fully saturated rings. The van der Waals surface area contributed by atoms with Crippen LogP contribution in [0.15, 0.2) is 83.8 Å². The number of rotatable bonds is 7. The normalized spacial score (nSPS) is 11.6. The second kappa shape index (κ2) is 9.24. The highest BCUT2D eigenvalue weighted by molar-refractivity contribution is 7.89. The Balaban J connectivity index is 1.85. The molecule has 156 valence electrons. The standard InChI is InChI=1S/C24H26N2O3S/c1-18-14-15-21(16-23(18)30(28,29)26(2)3)25-24(27)17-22(19-10-6-4-7-11-19)20-12-8-5-9-13-20/h4-16,22H,17H2,1-3H3,(H,25,27). The first-order chi connectivity index (χ1) is 14.3. The number of carbonyl (C=O) groups is 1. The zero-order valence-corrected chi connectivity index (χ0v) is 18.2. The highest BCUT2D eigenvalue weighted by Crippen LogP contribution is 2.29. The van der Waals surface area contributed by atoms with Gasteiger partial charge in [-0.3, -0.25) is 4.79 Å². The molecule has 3 aromatic carbocycles. The lowest BCUT2D eigenvalue weighted by Gasteiger charge is -2.19. The van der Waals surface area contributed by atoms with Gasteiger partial charge >= 0.3 is 0 Å². The first-order valence-corrected chi connectivity index (χ1v) is 11.2. The van der Waals surface area contributed by atoms with Crippen LogP contribution in [-0.2, 0) is 14.8 Å². The Morgan fingerprint density at radius 1 is 0.900 bits per heavy atom. The van der Waals surface area contributed by atoms with Crippen molar-refractivity contribution in [3.63, 3.8) is 0 Å². The quantitative estimate of drug-likeness (QED) is 0.613. The van der Waals surface area contributed by atoms with Crippen molar-refractivity contribution in [2.75, 3.05) is 19.4 Å². The zero-order valence-electron chi connectivity index (χ0n) is 17.4. The second-order valence-electron chi connectivity index (χ2n) is 7.39. The van der Waals surface area contributed by atoms with Gasteiger partial charge in [-0.1, -0.05) is 66.7 Å². The third kappa shape index (κ3) is 4.96. The van der Waals surface area contributed by atoms with Crippen LogP contribution in [-0.4, -0.2) is 32.7 Å². The summed E-state index contributed by atoms with van der Waals surface area (Å²) in [7, 11) is -0.612. The number of carbonyl (C=O) groups excluding carboxylic acids is 1. The molecule has 0 aliphatic rings. The molecule has 3 aromatic rings. The Kier molecular flexibility index (Phi) is 6.70. The lowest BCUT2D eigenvalue weighted by molar-refractivity contribution is -0.116. The molecule has 30 heavy (non-hydrogen) atoms. The van der Waals surface area contributed by atoms with Gasteiger partial charge in [0.15, 0.2) is 0 Å². The molecule has 0 saturated heterocycles. The third-order valence-corrected chi connectivity index (χ3v) is 6.98. The number of hydrogen-bond donors (Lipinski definition) is 1. The third-order valence-electron chi connectivity index (χ3n) is 5.02. The number of amides is 1. The van der Waals surface area contributed by atoms with E-state index in [0.29, 0.717) is 11.3 Å². The summed E-state index contributed by atoms with van der Waals surface area (Å²) in [6, 6.07) is 24.7. The van der Waals surface area contributed by atoms with Gasteiger partial charge in [0.2, 0.25) is 15.9 Å². The number of aryl methyl sites for hydroxylation is 1. The predicted molar refractivity (Wildman–Crippen MR) is 120 cm³/mol. The Morgan fingerprint density at radius 2 is 1.43 bits per heavy atom. The smallest absolute Gasteiger partial charge is 0.242 e. The summed E-state index contributed by atoms with van der Waals surface area (Å²) in [6.45, 7) is 1.74. The number of sulfonamides is 1. The van der Waals surface area contributed by atoms with Gasteiger partial charge in [0, 0.05) is 32.1 Å². The molecule has 1 amide bonds. The predicted octanol–water partition coefficient (Wildman–Crippen LogP) is 4.41. The van der Waals surface area contributed by atoms with Crippen LogP contribution < -0.4 is 5.32 Å². The van der Waals surface area contributed by atoms with Gasteiger partial charge in [0.1, 0.15) is 0 Å². The van der Waals surface area contributed by atoms with Gasteiger partial charge in [-0.2, -0.15) is 0 Å². The van der Waals surface area contributed by atoms with E-state index in [1.54, 1.807) is 19.1 Å². The van der Waals surface area contributed by atoms with Crippen molar-refractivity contribution in [3.05, 3.63) is 95.6 Å². The first kappa shape index (κ1) is 21.7. The fraction of sp³-hybridized carbons (Fsp3) is 0.208. The number of nitrogens with one attached hydrogen (secondary N) is 1. The molecule has 1 N–H and O–H groups in total. The maximum Gasteiger partial charge on any atom is 0.242 e. The van der Waals surface area contributed by atoms with E-state index < -0.39 is 10.0 Å². The Bertz CT molecular complexity index is 1070. The molecule has 0 atom stereocenters. The van der Waals surface area contributed by atoms with Crippen molar-refractivity contribution in [2.24, 2.45) is 0 Å². The first-order valence-electron chi connectivity index (χ1n) is 9.72. The minimum Gasteiger partial charge on any atom is -0.326 e. The summed E-state index contributed by atoms with van der Waals surface area (Å²) in [4.78, 5) is 13.1. The van der Waals surface area contributed by atoms with E-state index in [1.165, 1.54) is 24.5 Å². The van der Waals surface area contributed by atoms with Gasteiger partial charge < -0.3 is 5.32 Å². The van der Waals surface area contributed by atoms with Crippen LogP contribution in [0.1, 0.15) is 29.0 Å². The van der Waals surface area contributed by atoms with Crippen LogP contribution in [0.25, 0.3) is 0 Å². The van der Waals surface area contributed by atoms with E-state index in [0.717, 1.165) is 11.1 Å². The van der Waals surface area contributed by atoms with Crippen LogP contribution in [0.3, 0.4) is 0 Å². The molecule has 0 unspecified atom stereocenters. The fourth-order valence-electron chi connectivity index (χ4n) is 3.35. The molecule has 0 radical (unpaired) electrons. The number of benzene rings is 3. The van der Waals surface area contributed by atoms with E-state index >= 15 is 0 Å². The van der Waals surface area contributed by atoms with Crippen LogP contribution in [0.4, 0.5) is 5.69 Å². The summed E-state index contributed by atoms with van der Waals surface area (Å²) in [5, 5.41) is 2.87. The highest BCUT2D eigenvalue weighted by atomic mass is 32.2. The molecule has 0 heterocycles. The highest BCUT2D eigenvalue weighted by Gasteiger charge is 2.22. The molecule has 6 heteroatoms. The van der Waals surface area contributed by atoms with Gasteiger partial charge in [-0.05, 0) is 35.7 Å². The topological polar surface area (TPSA) is 66.5 Å². The summed E-state index contributed by atoms with van der Waals surface area (Å²) in [6.07, 6.45) is 0.248. The zero-order chi connectivity index (χ0) is 21.7. The molecule has 0 spiro atoms. The van der Waals surface area contributed by atoms with Crippen molar-refractivity contribution in [3.8, 4) is 0 Å². The van der Waals surface area contributed by atoms with Crippen molar-refractivity contribution in [1.29, 1.82) is 0 Å². The van der Waals surface area contributed by atoms with Gasteiger partial charge in [0.25, 0.3) is 0 Å². The average Bonchev–Trinajstić information content (AvgIpc) is 2.74. The molecule has 0 aliphatic carbocycles. The van der Waals surface area contributed by atoms with Crippen molar-refractivity contribution in [2.45, 2.75) is 24.2 Å². The number of hydrogen-bond acceptors (Lipinski definition) is 3. The van der Waals surface area contributed by atoms with E-state index in [4.69, 9.17) is 0 Å². The maximum absolute atomic E-state index is 12.9. The summed E-state index contributed by atoms with van der Waals surface area (Å²) < 4.78 is 26.3. The van der Waals surface area contributed by atoms with Crippen LogP contribution in [0.2, 0.25) is 0 Å². The molecule has 3 rings (SSSR count). The summed E-state index contributed by atoms with van der Waals surface area (Å²) >= 11 is 0. The molecule has 0 bridgehead atoms. The maximum atomic E-state index is 12.9. The number of nitrogens with zero attached hydrogens (tertiary/aromatic N) is 1. The lowest BCUT2D eigenvalue weighted by Crippen LogP contribution is -2.23. The van der Waals surface area contributed by atoms with E-state index in [1.807, 2.05) is 60.7 Å². The Labute approximate surface area is 178 Å². The fourth-order valence-corrected chi connectivity index (χ4v) is 4.49. The van der Waals surface area contributed by atoms with Gasteiger partial charge in [0.05, 0.1) is 4.90 Å². The lowest BCUT2D eigenvalue weighted by atomic mass is 9.88. The minimum atomic E-state index is -3.59. The van der Waals surface area contributed by atoms with Crippen molar-refractivity contribution in [1.82, 2.24) is 4.31 Å². The minimum absolute atomic E-state index is 0.0946. The summed E-state index contributed by atoms with van der Waals surface area (Å²) in [5.41, 5.74) is 3.20. The largest absolute Gasteiger partial charge is 0.326 e. The Hall–Kier alpha value is -2.96. The monoisotopic (exact) mass is 422 g/mol.